The highest BCUT2D eigenvalue weighted by Gasteiger charge is 2.56. The SMILES string of the molecule is C/C=C1/CCC2(N)C(CCCC(CCCC)CCCC)CCC2(N)CC1=CC(CC)CCC(C)=O. The molecule has 0 heterocycles. The van der Waals surface area contributed by atoms with Crippen LogP contribution < -0.4 is 11.5 Å². The first-order valence-electron chi connectivity index (χ1n) is 15.2. The van der Waals surface area contributed by atoms with E-state index in [9.17, 15) is 4.79 Å². The summed E-state index contributed by atoms with van der Waals surface area (Å²) >= 11 is 0. The Morgan fingerprint density at radius 3 is 2.23 bits per heavy atom. The molecule has 3 heteroatoms. The zero-order valence-electron chi connectivity index (χ0n) is 24.0. The fraction of sp³-hybridized carbons (Fsp3) is 0.844. The van der Waals surface area contributed by atoms with Gasteiger partial charge in [0.2, 0.25) is 0 Å². The van der Waals surface area contributed by atoms with Crippen molar-refractivity contribution < 1.29 is 4.79 Å². The van der Waals surface area contributed by atoms with E-state index < -0.39 is 0 Å². The smallest absolute Gasteiger partial charge is 0.129 e. The molecule has 35 heavy (non-hydrogen) atoms. The summed E-state index contributed by atoms with van der Waals surface area (Å²) in [5, 5.41) is 0. The third-order valence-corrected chi connectivity index (χ3v) is 9.59. The predicted octanol–water partition coefficient (Wildman–Crippen LogP) is 8.41. The second-order valence-corrected chi connectivity index (χ2v) is 12.1. The number of hydrogen-bond acceptors (Lipinski definition) is 3. The molecule has 2 fully saturated rings. The summed E-state index contributed by atoms with van der Waals surface area (Å²) in [6.45, 7) is 10.7. The molecule has 0 aromatic heterocycles. The molecule has 3 nitrogen and oxygen atoms in total. The van der Waals surface area contributed by atoms with Gasteiger partial charge >= 0.3 is 0 Å². The number of unbranched alkanes of at least 4 members (excludes halogenated alkanes) is 2. The Balaban J connectivity index is 2.11. The van der Waals surface area contributed by atoms with Crippen molar-refractivity contribution in [3.63, 3.8) is 0 Å². The molecule has 4 atom stereocenters. The minimum atomic E-state index is -0.309. The van der Waals surface area contributed by atoms with Gasteiger partial charge in [0.05, 0.1) is 0 Å². The summed E-state index contributed by atoms with van der Waals surface area (Å²) in [7, 11) is 0. The van der Waals surface area contributed by atoms with Gasteiger partial charge in [-0.25, -0.2) is 0 Å². The fourth-order valence-electron chi connectivity index (χ4n) is 7.04. The Kier molecular flexibility index (Phi) is 12.7. The van der Waals surface area contributed by atoms with Crippen LogP contribution in [0.4, 0.5) is 0 Å². The number of hydrogen-bond donors (Lipinski definition) is 2. The maximum atomic E-state index is 11.6. The van der Waals surface area contributed by atoms with Crippen molar-refractivity contribution in [1.29, 1.82) is 0 Å². The maximum Gasteiger partial charge on any atom is 0.129 e. The number of ketones is 1. The molecule has 2 saturated carbocycles. The van der Waals surface area contributed by atoms with Crippen LogP contribution in [0.2, 0.25) is 0 Å². The average Bonchev–Trinajstić information content (AvgIpc) is 3.01. The van der Waals surface area contributed by atoms with Crippen LogP contribution in [-0.4, -0.2) is 16.9 Å². The number of carbonyl (C=O) groups is 1. The molecule has 0 amide bonds. The van der Waals surface area contributed by atoms with Crippen LogP contribution in [0.1, 0.15) is 144 Å². The summed E-state index contributed by atoms with van der Waals surface area (Å²) in [5.41, 5.74) is 16.9. The van der Waals surface area contributed by atoms with Gasteiger partial charge in [-0.05, 0) is 94.1 Å². The standard InChI is InChI=1S/C32H58N2O/c1-6-10-13-27(14-11-7-2)15-12-16-30-20-21-31(33)24-29(23-26(8-3)18-17-25(5)35)28(9-4)19-22-32(30,31)34/h9,23,26-27,30H,6-8,10-22,24,33-34H2,1-5H3/b28-9-,29-23?. The maximum absolute atomic E-state index is 11.6. The summed E-state index contributed by atoms with van der Waals surface area (Å²) in [6.07, 6.45) is 24.7. The quantitative estimate of drug-likeness (QED) is 0.244. The molecule has 0 aromatic carbocycles. The van der Waals surface area contributed by atoms with Crippen molar-refractivity contribution >= 4 is 5.78 Å². The number of nitrogens with two attached hydrogens (primary N) is 2. The van der Waals surface area contributed by atoms with Crippen molar-refractivity contribution in [1.82, 2.24) is 0 Å². The van der Waals surface area contributed by atoms with Gasteiger partial charge in [0, 0.05) is 17.5 Å². The molecule has 202 valence electrons. The first-order valence-corrected chi connectivity index (χ1v) is 15.2. The van der Waals surface area contributed by atoms with Crippen molar-refractivity contribution in [3.05, 3.63) is 23.3 Å². The van der Waals surface area contributed by atoms with Crippen LogP contribution in [0.25, 0.3) is 0 Å². The van der Waals surface area contributed by atoms with Gasteiger partial charge in [-0.1, -0.05) is 84.3 Å². The van der Waals surface area contributed by atoms with E-state index in [1.165, 1.54) is 75.4 Å². The number of rotatable bonds is 15. The van der Waals surface area contributed by atoms with Gasteiger partial charge in [0.1, 0.15) is 5.78 Å². The highest BCUT2D eigenvalue weighted by atomic mass is 16.1. The molecule has 2 rings (SSSR count). The molecule has 2 aliphatic carbocycles. The molecule has 2 aliphatic rings. The summed E-state index contributed by atoms with van der Waals surface area (Å²) in [5.74, 6) is 2.17. The normalized spacial score (nSPS) is 30.1. The van der Waals surface area contributed by atoms with Crippen molar-refractivity contribution in [2.75, 3.05) is 0 Å². The molecular weight excluding hydrogens is 428 g/mol. The van der Waals surface area contributed by atoms with Gasteiger partial charge < -0.3 is 16.3 Å². The van der Waals surface area contributed by atoms with E-state index in [4.69, 9.17) is 11.5 Å². The van der Waals surface area contributed by atoms with Crippen LogP contribution >= 0.6 is 0 Å². The Morgan fingerprint density at radius 1 is 1.00 bits per heavy atom. The third-order valence-electron chi connectivity index (χ3n) is 9.59. The molecule has 0 radical (unpaired) electrons. The lowest BCUT2D eigenvalue weighted by Gasteiger charge is -2.43. The third kappa shape index (κ3) is 8.29. The molecule has 0 bridgehead atoms. The largest absolute Gasteiger partial charge is 0.323 e. The van der Waals surface area contributed by atoms with E-state index >= 15 is 0 Å². The molecule has 0 spiro atoms. The van der Waals surface area contributed by atoms with E-state index in [1.807, 2.05) is 0 Å². The van der Waals surface area contributed by atoms with Gasteiger partial charge in [0.25, 0.3) is 0 Å². The van der Waals surface area contributed by atoms with Crippen molar-refractivity contribution in [2.24, 2.45) is 29.2 Å². The van der Waals surface area contributed by atoms with Gasteiger partial charge in [-0.15, -0.1) is 0 Å². The highest BCUT2D eigenvalue weighted by molar-refractivity contribution is 5.75. The Morgan fingerprint density at radius 2 is 1.66 bits per heavy atom. The zero-order chi connectivity index (χ0) is 25.9. The highest BCUT2D eigenvalue weighted by Crippen LogP contribution is 2.52. The monoisotopic (exact) mass is 486 g/mol. The minimum absolute atomic E-state index is 0.264. The number of carbonyl (C=O) groups excluding carboxylic acids is 1. The van der Waals surface area contributed by atoms with E-state index in [1.54, 1.807) is 6.92 Å². The second kappa shape index (κ2) is 14.7. The minimum Gasteiger partial charge on any atom is -0.323 e. The van der Waals surface area contributed by atoms with Crippen LogP contribution in [0.3, 0.4) is 0 Å². The van der Waals surface area contributed by atoms with Crippen LogP contribution in [0.15, 0.2) is 23.3 Å². The lowest BCUT2D eigenvalue weighted by atomic mass is 9.71. The summed E-state index contributed by atoms with van der Waals surface area (Å²) in [6, 6.07) is 0. The first-order chi connectivity index (χ1) is 16.7. The lowest BCUT2D eigenvalue weighted by molar-refractivity contribution is -0.117. The van der Waals surface area contributed by atoms with Gasteiger partial charge in [-0.2, -0.15) is 0 Å². The van der Waals surface area contributed by atoms with Crippen LogP contribution in [0.5, 0.6) is 0 Å². The van der Waals surface area contributed by atoms with Crippen LogP contribution in [-0.2, 0) is 4.79 Å². The van der Waals surface area contributed by atoms with Crippen LogP contribution in [0, 0.1) is 17.8 Å². The Labute approximate surface area is 218 Å². The summed E-state index contributed by atoms with van der Waals surface area (Å²) < 4.78 is 0. The lowest BCUT2D eigenvalue weighted by Crippen LogP contribution is -2.64. The Hall–Kier alpha value is -0.930. The topological polar surface area (TPSA) is 69.1 Å². The van der Waals surface area contributed by atoms with E-state index in [2.05, 4.69) is 39.8 Å². The molecule has 0 aromatic rings. The fourth-order valence-corrected chi connectivity index (χ4v) is 7.04. The molecular formula is C32H58N2O. The number of allylic oxidation sites excluding steroid dienone is 3. The Bertz CT molecular complexity index is 702. The van der Waals surface area contributed by atoms with Gasteiger partial charge in [0.15, 0.2) is 0 Å². The molecule has 0 aliphatic heterocycles. The molecule has 0 saturated heterocycles. The average molecular weight is 487 g/mol. The van der Waals surface area contributed by atoms with E-state index in [0.29, 0.717) is 18.3 Å². The predicted molar refractivity (Wildman–Crippen MR) is 152 cm³/mol. The second-order valence-electron chi connectivity index (χ2n) is 12.1. The first kappa shape index (κ1) is 30.3. The van der Waals surface area contributed by atoms with Crippen molar-refractivity contribution in [2.45, 2.75) is 155 Å². The van der Waals surface area contributed by atoms with Crippen molar-refractivity contribution in [3.8, 4) is 0 Å². The van der Waals surface area contributed by atoms with E-state index in [0.717, 1.165) is 44.4 Å². The van der Waals surface area contributed by atoms with E-state index in [-0.39, 0.29) is 16.9 Å². The van der Waals surface area contributed by atoms with Gasteiger partial charge in [-0.3, -0.25) is 0 Å². The number of Topliss-reactive ketones (excluding diaryl/α,β-unsaturated/α-hetero) is 1. The molecule has 4 N–H and O–H groups in total. The number of fused-ring (bicyclic) bond motifs is 1. The summed E-state index contributed by atoms with van der Waals surface area (Å²) in [4.78, 5) is 11.6. The molecule has 4 unspecified atom stereocenters. The zero-order valence-corrected chi connectivity index (χ0v) is 24.0.